The summed E-state index contributed by atoms with van der Waals surface area (Å²) < 4.78 is 5.09. The second-order valence-electron chi connectivity index (χ2n) is 8.40. The molecule has 0 spiro atoms. The topological polar surface area (TPSA) is 51.2 Å². The first kappa shape index (κ1) is 24.1. The lowest BCUT2D eigenvalue weighted by Gasteiger charge is -2.17. The first-order chi connectivity index (χ1) is 16.0. The summed E-state index contributed by atoms with van der Waals surface area (Å²) in [4.78, 5) is 17.8. The Morgan fingerprint density at radius 2 is 1.97 bits per heavy atom. The summed E-state index contributed by atoms with van der Waals surface area (Å²) in [6.45, 7) is 5.15. The number of thiazole rings is 1. The molecule has 1 saturated carbocycles. The molecule has 7 heteroatoms. The van der Waals surface area contributed by atoms with E-state index in [1.165, 1.54) is 18.4 Å². The van der Waals surface area contributed by atoms with E-state index in [-0.39, 0.29) is 5.97 Å². The van der Waals surface area contributed by atoms with Gasteiger partial charge in [-0.3, -0.25) is 0 Å². The summed E-state index contributed by atoms with van der Waals surface area (Å²) in [5.41, 5.74) is 3.74. The molecular weight excluding hydrogens is 475 g/mol. The molecule has 0 saturated heterocycles. The molecule has 0 radical (unpaired) electrons. The van der Waals surface area contributed by atoms with E-state index >= 15 is 0 Å². The standard InChI is InChI=1S/C26H28Cl2N2O2S/c1-3-32-25(31)19-10-8-18(9-11-19)21(17-6-7-17)5-4-14-29-26-30-24(16(2)33-26)22-13-12-20(27)15-23(22)28/h8-13,15,17,21H,3-7,14H2,1-2H3,(H,29,30). The number of rotatable bonds is 10. The third-order valence-electron chi connectivity index (χ3n) is 5.99. The van der Waals surface area contributed by atoms with Gasteiger partial charge in [-0.15, -0.1) is 11.3 Å². The van der Waals surface area contributed by atoms with Gasteiger partial charge in [0.25, 0.3) is 0 Å². The first-order valence-corrected chi connectivity index (χ1v) is 13.0. The number of nitrogens with zero attached hydrogens (tertiary/aromatic N) is 1. The highest BCUT2D eigenvalue weighted by atomic mass is 35.5. The van der Waals surface area contributed by atoms with Crippen molar-refractivity contribution in [3.8, 4) is 11.3 Å². The molecular formula is C26H28Cl2N2O2S. The fourth-order valence-electron chi connectivity index (χ4n) is 4.17. The molecule has 4 rings (SSSR count). The van der Waals surface area contributed by atoms with E-state index in [9.17, 15) is 4.79 Å². The van der Waals surface area contributed by atoms with Gasteiger partial charge in [0, 0.05) is 22.0 Å². The number of anilines is 1. The van der Waals surface area contributed by atoms with Crippen LogP contribution in [-0.4, -0.2) is 24.1 Å². The maximum atomic E-state index is 11.9. The number of aryl methyl sites for hydroxylation is 1. The van der Waals surface area contributed by atoms with Crippen molar-refractivity contribution in [2.45, 2.75) is 45.4 Å². The lowest BCUT2D eigenvalue weighted by atomic mass is 9.89. The molecule has 0 bridgehead atoms. The molecule has 3 aromatic rings. The average Bonchev–Trinajstić information content (AvgIpc) is 3.57. The highest BCUT2D eigenvalue weighted by molar-refractivity contribution is 7.16. The summed E-state index contributed by atoms with van der Waals surface area (Å²) in [6.07, 6.45) is 4.73. The molecule has 1 unspecified atom stereocenters. The second kappa shape index (κ2) is 10.9. The third-order valence-corrected chi connectivity index (χ3v) is 7.47. The monoisotopic (exact) mass is 502 g/mol. The third kappa shape index (κ3) is 6.08. The van der Waals surface area contributed by atoms with Gasteiger partial charge in [-0.2, -0.15) is 0 Å². The zero-order valence-electron chi connectivity index (χ0n) is 18.9. The Morgan fingerprint density at radius 3 is 2.64 bits per heavy atom. The molecule has 1 aromatic heterocycles. The highest BCUT2D eigenvalue weighted by Crippen LogP contribution is 2.45. The van der Waals surface area contributed by atoms with E-state index in [4.69, 9.17) is 32.9 Å². The second-order valence-corrected chi connectivity index (χ2v) is 10.5. The number of benzene rings is 2. The van der Waals surface area contributed by atoms with Crippen LogP contribution in [0.2, 0.25) is 10.0 Å². The van der Waals surface area contributed by atoms with Crippen molar-refractivity contribution in [2.75, 3.05) is 18.5 Å². The lowest BCUT2D eigenvalue weighted by molar-refractivity contribution is 0.0526. The smallest absolute Gasteiger partial charge is 0.338 e. The van der Waals surface area contributed by atoms with E-state index in [0.717, 1.165) is 46.6 Å². The average molecular weight is 503 g/mol. The molecule has 1 aliphatic carbocycles. The number of carbonyl (C=O) groups is 1. The first-order valence-electron chi connectivity index (χ1n) is 11.4. The van der Waals surface area contributed by atoms with E-state index in [1.807, 2.05) is 31.2 Å². The number of hydrogen-bond acceptors (Lipinski definition) is 5. The van der Waals surface area contributed by atoms with Crippen LogP contribution in [0.5, 0.6) is 0 Å². The number of nitrogens with one attached hydrogen (secondary N) is 1. The Labute approximate surface area is 209 Å². The quantitative estimate of drug-likeness (QED) is 0.225. The Balaban J connectivity index is 1.33. The molecule has 33 heavy (non-hydrogen) atoms. The maximum absolute atomic E-state index is 11.9. The van der Waals surface area contributed by atoms with Crippen LogP contribution >= 0.6 is 34.5 Å². The van der Waals surface area contributed by atoms with Crippen LogP contribution in [0.4, 0.5) is 5.13 Å². The number of ether oxygens (including phenoxy) is 1. The van der Waals surface area contributed by atoms with Crippen LogP contribution in [-0.2, 0) is 4.74 Å². The molecule has 1 aliphatic rings. The lowest BCUT2D eigenvalue weighted by Crippen LogP contribution is -2.08. The summed E-state index contributed by atoms with van der Waals surface area (Å²) in [5, 5.41) is 5.64. The van der Waals surface area contributed by atoms with Crippen LogP contribution in [0, 0.1) is 12.8 Å². The number of halogens is 2. The summed E-state index contributed by atoms with van der Waals surface area (Å²) in [5.74, 6) is 1.03. The van der Waals surface area contributed by atoms with Crippen molar-refractivity contribution in [1.82, 2.24) is 4.98 Å². The molecule has 0 amide bonds. The zero-order valence-corrected chi connectivity index (χ0v) is 21.2. The van der Waals surface area contributed by atoms with Crippen molar-refractivity contribution in [3.05, 3.63) is 68.5 Å². The number of carbonyl (C=O) groups excluding carboxylic acids is 1. The summed E-state index contributed by atoms with van der Waals surface area (Å²) >= 11 is 14.1. The number of hydrogen-bond donors (Lipinski definition) is 1. The molecule has 1 N–H and O–H groups in total. The Kier molecular flexibility index (Phi) is 7.94. The minimum Gasteiger partial charge on any atom is -0.462 e. The fourth-order valence-corrected chi connectivity index (χ4v) is 5.53. The van der Waals surface area contributed by atoms with Gasteiger partial charge in [0.2, 0.25) is 0 Å². The minimum absolute atomic E-state index is 0.255. The van der Waals surface area contributed by atoms with E-state index in [0.29, 0.717) is 28.1 Å². The molecule has 174 valence electrons. The van der Waals surface area contributed by atoms with Gasteiger partial charge in [-0.1, -0.05) is 35.3 Å². The Morgan fingerprint density at radius 1 is 1.21 bits per heavy atom. The molecule has 0 aliphatic heterocycles. The van der Waals surface area contributed by atoms with Gasteiger partial charge < -0.3 is 10.1 Å². The van der Waals surface area contributed by atoms with Crippen molar-refractivity contribution >= 4 is 45.6 Å². The normalized spacial score (nSPS) is 14.2. The molecule has 2 aromatic carbocycles. The van der Waals surface area contributed by atoms with Gasteiger partial charge in [-0.25, -0.2) is 9.78 Å². The van der Waals surface area contributed by atoms with E-state index in [2.05, 4.69) is 24.4 Å². The molecule has 1 atom stereocenters. The van der Waals surface area contributed by atoms with Gasteiger partial charge in [0.05, 0.1) is 22.9 Å². The molecule has 4 nitrogen and oxygen atoms in total. The SMILES string of the molecule is CCOC(=O)c1ccc(C(CCCNc2nc(-c3ccc(Cl)cc3Cl)c(C)s2)C2CC2)cc1. The van der Waals surface area contributed by atoms with Crippen LogP contribution in [0.3, 0.4) is 0 Å². The summed E-state index contributed by atoms with van der Waals surface area (Å²) in [7, 11) is 0. The van der Waals surface area contributed by atoms with Crippen LogP contribution in [0.1, 0.15) is 59.3 Å². The van der Waals surface area contributed by atoms with Gasteiger partial charge in [-0.05, 0) is 87.3 Å². The van der Waals surface area contributed by atoms with Crippen molar-refractivity contribution < 1.29 is 9.53 Å². The van der Waals surface area contributed by atoms with E-state index in [1.54, 1.807) is 17.4 Å². The molecule has 1 fully saturated rings. The van der Waals surface area contributed by atoms with Crippen LogP contribution in [0.15, 0.2) is 42.5 Å². The largest absolute Gasteiger partial charge is 0.462 e. The van der Waals surface area contributed by atoms with Gasteiger partial charge >= 0.3 is 5.97 Å². The Hall–Kier alpha value is -2.08. The summed E-state index contributed by atoms with van der Waals surface area (Å²) in [6, 6.07) is 13.5. The van der Waals surface area contributed by atoms with Crippen molar-refractivity contribution in [1.29, 1.82) is 0 Å². The number of aromatic nitrogens is 1. The predicted molar refractivity (Wildman–Crippen MR) is 138 cm³/mol. The van der Waals surface area contributed by atoms with Crippen LogP contribution < -0.4 is 5.32 Å². The predicted octanol–water partition coefficient (Wildman–Crippen LogP) is 7.99. The van der Waals surface area contributed by atoms with E-state index < -0.39 is 0 Å². The Bertz CT molecular complexity index is 1110. The molecule has 1 heterocycles. The maximum Gasteiger partial charge on any atom is 0.338 e. The van der Waals surface area contributed by atoms with Gasteiger partial charge in [0.15, 0.2) is 5.13 Å². The minimum atomic E-state index is -0.255. The fraction of sp³-hybridized carbons (Fsp3) is 0.385. The van der Waals surface area contributed by atoms with Crippen LogP contribution in [0.25, 0.3) is 11.3 Å². The van der Waals surface area contributed by atoms with Crippen molar-refractivity contribution in [2.24, 2.45) is 5.92 Å². The highest BCUT2D eigenvalue weighted by Gasteiger charge is 2.31. The zero-order chi connectivity index (χ0) is 23.4. The number of esters is 1. The van der Waals surface area contributed by atoms with Gasteiger partial charge in [0.1, 0.15) is 0 Å². The van der Waals surface area contributed by atoms with Crippen molar-refractivity contribution in [3.63, 3.8) is 0 Å².